The van der Waals surface area contributed by atoms with Crippen LogP contribution in [0.5, 0.6) is 17.4 Å². The summed E-state index contributed by atoms with van der Waals surface area (Å²) in [6, 6.07) is 9.23. The Morgan fingerprint density at radius 2 is 1.83 bits per heavy atom. The van der Waals surface area contributed by atoms with E-state index < -0.39 is 10.0 Å². The van der Waals surface area contributed by atoms with Crippen molar-refractivity contribution in [3.63, 3.8) is 0 Å². The number of nitrogens with two attached hydrogens (primary N) is 1. The number of hydrogen-bond donors (Lipinski definition) is 1. The molecule has 23 heavy (non-hydrogen) atoms. The molecule has 0 bridgehead atoms. The van der Waals surface area contributed by atoms with E-state index in [0.717, 1.165) is 0 Å². The fourth-order valence-electron chi connectivity index (χ4n) is 2.02. The smallest absolute Gasteiger partial charge is 0.238 e. The average molecular weight is 331 g/mol. The Hall–Kier alpha value is -2.71. The molecule has 0 radical (unpaired) electrons. The fourth-order valence-corrected chi connectivity index (χ4v) is 2.54. The molecule has 8 heteroatoms. The lowest BCUT2D eigenvalue weighted by Crippen LogP contribution is -2.11. The highest BCUT2D eigenvalue weighted by atomic mass is 32.2. The molecule has 1 aromatic carbocycles. The second-order valence-electron chi connectivity index (χ2n) is 4.67. The van der Waals surface area contributed by atoms with Crippen LogP contribution in [0.2, 0.25) is 0 Å². The van der Waals surface area contributed by atoms with Gasteiger partial charge in [-0.3, -0.25) is 4.98 Å². The van der Waals surface area contributed by atoms with Crippen LogP contribution in [0.3, 0.4) is 0 Å². The predicted octanol–water partition coefficient (Wildman–Crippen LogP) is 2.08. The number of rotatable bonds is 4. The minimum absolute atomic E-state index is 0.0239. The van der Waals surface area contributed by atoms with Gasteiger partial charge in [-0.2, -0.15) is 0 Å². The van der Waals surface area contributed by atoms with Gasteiger partial charge in [-0.05, 0) is 30.3 Å². The van der Waals surface area contributed by atoms with Crippen LogP contribution in [0.25, 0.3) is 10.9 Å². The van der Waals surface area contributed by atoms with Gasteiger partial charge in [-0.15, -0.1) is 0 Å². The average Bonchev–Trinajstić information content (AvgIpc) is 2.54. The lowest BCUT2D eigenvalue weighted by atomic mass is 10.2. The summed E-state index contributed by atoms with van der Waals surface area (Å²) in [5, 5.41) is 5.78. The Morgan fingerprint density at radius 1 is 1.09 bits per heavy atom. The fraction of sp³-hybridized carbons (Fsp3) is 0.0667. The first-order valence-electron chi connectivity index (χ1n) is 6.57. The Kier molecular flexibility index (Phi) is 3.85. The van der Waals surface area contributed by atoms with E-state index in [0.29, 0.717) is 28.3 Å². The van der Waals surface area contributed by atoms with Crippen molar-refractivity contribution in [2.75, 3.05) is 7.11 Å². The highest BCUT2D eigenvalue weighted by Gasteiger charge is 2.09. The number of primary sulfonamides is 1. The van der Waals surface area contributed by atoms with Crippen molar-refractivity contribution in [3.05, 3.63) is 48.8 Å². The summed E-state index contributed by atoms with van der Waals surface area (Å²) in [6.45, 7) is 0. The molecule has 0 unspecified atom stereocenters. The highest BCUT2D eigenvalue weighted by Crippen LogP contribution is 2.29. The van der Waals surface area contributed by atoms with Crippen molar-refractivity contribution in [2.45, 2.75) is 4.90 Å². The number of benzene rings is 1. The Morgan fingerprint density at radius 3 is 2.48 bits per heavy atom. The lowest BCUT2D eigenvalue weighted by Gasteiger charge is -2.09. The third kappa shape index (κ3) is 3.22. The van der Waals surface area contributed by atoms with Gasteiger partial charge in [0.15, 0.2) is 0 Å². The lowest BCUT2D eigenvalue weighted by molar-refractivity contribution is 0.398. The molecular formula is C15H13N3O4S. The first-order chi connectivity index (χ1) is 11.0. The number of aromatic nitrogens is 2. The number of sulfonamides is 1. The summed E-state index contributed by atoms with van der Waals surface area (Å²) in [5.74, 6) is 1.48. The van der Waals surface area contributed by atoms with Gasteiger partial charge in [-0.25, -0.2) is 18.5 Å². The summed E-state index contributed by atoms with van der Waals surface area (Å²) in [7, 11) is -2.19. The van der Waals surface area contributed by atoms with Gasteiger partial charge in [0.05, 0.1) is 22.9 Å². The largest absolute Gasteiger partial charge is 0.481 e. The number of nitrogens with zero attached hydrogens (tertiary/aromatic N) is 2. The summed E-state index contributed by atoms with van der Waals surface area (Å²) >= 11 is 0. The molecule has 0 fully saturated rings. The molecule has 3 rings (SSSR count). The normalized spacial score (nSPS) is 11.4. The molecule has 118 valence electrons. The van der Waals surface area contributed by atoms with E-state index in [4.69, 9.17) is 14.6 Å². The van der Waals surface area contributed by atoms with Crippen LogP contribution in [-0.2, 0) is 10.0 Å². The first-order valence-corrected chi connectivity index (χ1v) is 8.11. The van der Waals surface area contributed by atoms with Crippen LogP contribution in [0.4, 0.5) is 0 Å². The number of fused-ring (bicyclic) bond motifs is 1. The highest BCUT2D eigenvalue weighted by molar-refractivity contribution is 7.89. The Balaban J connectivity index is 1.95. The van der Waals surface area contributed by atoms with Crippen molar-refractivity contribution in [2.24, 2.45) is 5.14 Å². The molecule has 0 atom stereocenters. The van der Waals surface area contributed by atoms with Crippen LogP contribution < -0.4 is 14.6 Å². The van der Waals surface area contributed by atoms with Crippen molar-refractivity contribution in [1.29, 1.82) is 0 Å². The standard InChI is InChI=1S/C15H13N3O4S/c1-21-15-8-13-12(9-18-15)14(6-7-17-13)22-10-2-4-11(5-3-10)23(16,19)20/h2-9H,1H3,(H2,16,19,20). The molecular weight excluding hydrogens is 318 g/mol. The zero-order valence-electron chi connectivity index (χ0n) is 12.1. The molecule has 7 nitrogen and oxygen atoms in total. The van der Waals surface area contributed by atoms with Gasteiger partial charge in [0.2, 0.25) is 15.9 Å². The minimum Gasteiger partial charge on any atom is -0.481 e. The topological polar surface area (TPSA) is 104 Å². The molecule has 0 saturated heterocycles. The van der Waals surface area contributed by atoms with Gasteiger partial charge in [0.25, 0.3) is 0 Å². The van der Waals surface area contributed by atoms with E-state index in [1.807, 2.05) is 0 Å². The number of ether oxygens (including phenoxy) is 2. The van der Waals surface area contributed by atoms with Crippen molar-refractivity contribution >= 4 is 20.9 Å². The minimum atomic E-state index is -3.72. The van der Waals surface area contributed by atoms with Gasteiger partial charge in [-0.1, -0.05) is 0 Å². The molecule has 0 saturated carbocycles. The Labute approximate surface area is 132 Å². The maximum atomic E-state index is 11.2. The molecule has 2 N–H and O–H groups in total. The number of pyridine rings is 2. The molecule has 0 aliphatic heterocycles. The molecule has 0 aliphatic rings. The maximum absolute atomic E-state index is 11.2. The zero-order chi connectivity index (χ0) is 16.4. The van der Waals surface area contributed by atoms with Crippen LogP contribution in [-0.4, -0.2) is 25.5 Å². The van der Waals surface area contributed by atoms with E-state index in [9.17, 15) is 8.42 Å². The van der Waals surface area contributed by atoms with E-state index in [2.05, 4.69) is 9.97 Å². The quantitative estimate of drug-likeness (QED) is 0.785. The van der Waals surface area contributed by atoms with Crippen LogP contribution in [0.15, 0.2) is 53.7 Å². The second kappa shape index (κ2) is 5.82. The SMILES string of the molecule is COc1cc2nccc(Oc3ccc(S(N)(=O)=O)cc3)c2cn1. The first kappa shape index (κ1) is 15.2. The summed E-state index contributed by atoms with van der Waals surface area (Å²) < 4.78 is 33.3. The molecule has 0 spiro atoms. The molecule has 0 amide bonds. The second-order valence-corrected chi connectivity index (χ2v) is 6.23. The van der Waals surface area contributed by atoms with Crippen molar-refractivity contribution in [3.8, 4) is 17.4 Å². The maximum Gasteiger partial charge on any atom is 0.238 e. The Bertz CT molecular complexity index is 956. The zero-order valence-corrected chi connectivity index (χ0v) is 12.9. The van der Waals surface area contributed by atoms with E-state index in [-0.39, 0.29) is 4.90 Å². The number of hydrogen-bond acceptors (Lipinski definition) is 6. The molecule has 0 aliphatic carbocycles. The van der Waals surface area contributed by atoms with Gasteiger partial charge >= 0.3 is 0 Å². The third-order valence-corrected chi connectivity index (χ3v) is 4.08. The van der Waals surface area contributed by atoms with E-state index in [1.165, 1.54) is 31.4 Å². The van der Waals surface area contributed by atoms with Gasteiger partial charge in [0.1, 0.15) is 11.5 Å². The van der Waals surface area contributed by atoms with Crippen LogP contribution in [0, 0.1) is 0 Å². The van der Waals surface area contributed by atoms with Gasteiger partial charge in [0, 0.05) is 18.5 Å². The van der Waals surface area contributed by atoms with Crippen molar-refractivity contribution < 1.29 is 17.9 Å². The number of methoxy groups -OCH3 is 1. The molecule has 2 heterocycles. The third-order valence-electron chi connectivity index (χ3n) is 3.15. The summed E-state index contributed by atoms with van der Waals surface area (Å²) in [6.07, 6.45) is 3.21. The molecule has 2 aromatic heterocycles. The predicted molar refractivity (Wildman–Crippen MR) is 84.0 cm³/mol. The summed E-state index contributed by atoms with van der Waals surface area (Å²) in [4.78, 5) is 8.40. The van der Waals surface area contributed by atoms with E-state index >= 15 is 0 Å². The van der Waals surface area contributed by atoms with Crippen LogP contribution in [0.1, 0.15) is 0 Å². The van der Waals surface area contributed by atoms with Gasteiger partial charge < -0.3 is 9.47 Å². The van der Waals surface area contributed by atoms with Crippen molar-refractivity contribution in [1.82, 2.24) is 9.97 Å². The monoisotopic (exact) mass is 331 g/mol. The van der Waals surface area contributed by atoms with E-state index in [1.54, 1.807) is 24.5 Å². The van der Waals surface area contributed by atoms with Crippen LogP contribution >= 0.6 is 0 Å². The summed E-state index contributed by atoms with van der Waals surface area (Å²) in [5.41, 5.74) is 0.676. The molecule has 3 aromatic rings.